The Kier molecular flexibility index (Phi) is 5.51. The van der Waals surface area contributed by atoms with Crippen molar-refractivity contribution in [2.75, 3.05) is 19.0 Å². The van der Waals surface area contributed by atoms with Crippen molar-refractivity contribution in [3.63, 3.8) is 0 Å². The van der Waals surface area contributed by atoms with E-state index >= 15 is 0 Å². The third kappa shape index (κ3) is 3.84. The monoisotopic (exact) mass is 305 g/mol. The van der Waals surface area contributed by atoms with Gasteiger partial charge in [0.25, 0.3) is 5.91 Å². The Labute approximate surface area is 130 Å². The number of hydrogen-bond donors (Lipinski definition) is 2. The van der Waals surface area contributed by atoms with Crippen LogP contribution in [0.1, 0.15) is 25.3 Å². The van der Waals surface area contributed by atoms with E-state index in [1.54, 1.807) is 6.92 Å². The maximum Gasteiger partial charge on any atom is 0.253 e. The van der Waals surface area contributed by atoms with E-state index < -0.39 is 6.10 Å². The fourth-order valence-electron chi connectivity index (χ4n) is 2.68. The summed E-state index contributed by atoms with van der Waals surface area (Å²) in [5, 5.41) is 2.87. The highest BCUT2D eigenvalue weighted by Crippen LogP contribution is 2.23. The van der Waals surface area contributed by atoms with Crippen molar-refractivity contribution < 1.29 is 14.3 Å². The number of hydrogen-bond acceptors (Lipinski definition) is 4. The number of benzene rings is 1. The van der Waals surface area contributed by atoms with E-state index in [2.05, 4.69) is 10.2 Å². The molecule has 120 valence electrons. The van der Waals surface area contributed by atoms with Crippen LogP contribution in [0.25, 0.3) is 0 Å². The minimum absolute atomic E-state index is 0.192. The van der Waals surface area contributed by atoms with Crippen LogP contribution in [0.2, 0.25) is 0 Å². The second-order valence-electron chi connectivity index (χ2n) is 5.56. The molecule has 1 aliphatic rings. The zero-order valence-electron chi connectivity index (χ0n) is 13.0. The quantitative estimate of drug-likeness (QED) is 0.824. The third-order valence-corrected chi connectivity index (χ3v) is 4.06. The standard InChI is InChI=1S/C16H23N3O3/c1-11(22-2)16(21)18-13-7-4-3-6-12(13)10-19-9-5-8-14(19)15(17)20/h3-4,6-7,11,14H,5,8-10H2,1-2H3,(H2,17,20)(H,18,21)/t11-,14-/m1/s1. The maximum absolute atomic E-state index is 12.0. The predicted octanol–water partition coefficient (Wildman–Crippen LogP) is 1.11. The average molecular weight is 305 g/mol. The van der Waals surface area contributed by atoms with Crippen LogP contribution in [-0.2, 0) is 20.9 Å². The zero-order valence-corrected chi connectivity index (χ0v) is 13.0. The molecule has 0 unspecified atom stereocenters. The van der Waals surface area contributed by atoms with Gasteiger partial charge in [-0.05, 0) is 37.9 Å². The molecule has 1 heterocycles. The summed E-state index contributed by atoms with van der Waals surface area (Å²) in [6.45, 7) is 3.12. The molecule has 0 radical (unpaired) electrons. The van der Waals surface area contributed by atoms with Gasteiger partial charge in [0.2, 0.25) is 5.91 Å². The highest BCUT2D eigenvalue weighted by molar-refractivity contribution is 5.94. The van der Waals surface area contributed by atoms with Crippen LogP contribution in [0.4, 0.5) is 5.69 Å². The lowest BCUT2D eigenvalue weighted by Crippen LogP contribution is -2.40. The van der Waals surface area contributed by atoms with Crippen molar-refractivity contribution in [1.29, 1.82) is 0 Å². The number of amides is 2. The van der Waals surface area contributed by atoms with Crippen molar-refractivity contribution in [2.45, 2.75) is 38.5 Å². The molecule has 1 aliphatic heterocycles. The molecule has 2 rings (SSSR count). The van der Waals surface area contributed by atoms with Gasteiger partial charge in [-0.25, -0.2) is 0 Å². The average Bonchev–Trinajstić information content (AvgIpc) is 2.96. The minimum atomic E-state index is -0.516. The van der Waals surface area contributed by atoms with Gasteiger partial charge in [-0.1, -0.05) is 18.2 Å². The number of nitrogens with zero attached hydrogens (tertiary/aromatic N) is 1. The number of carbonyl (C=O) groups excluding carboxylic acids is 2. The Bertz CT molecular complexity index is 547. The first-order chi connectivity index (χ1) is 10.5. The Hall–Kier alpha value is -1.92. The molecule has 1 saturated heterocycles. The summed E-state index contributed by atoms with van der Waals surface area (Å²) in [4.78, 5) is 25.5. The molecule has 6 nitrogen and oxygen atoms in total. The van der Waals surface area contributed by atoms with E-state index in [0.717, 1.165) is 30.6 Å². The SMILES string of the molecule is CO[C@H](C)C(=O)Nc1ccccc1CN1CCC[C@@H]1C(N)=O. The van der Waals surface area contributed by atoms with Crippen LogP contribution in [0.3, 0.4) is 0 Å². The molecule has 0 aliphatic carbocycles. The maximum atomic E-state index is 12.0. The van der Waals surface area contributed by atoms with Crippen LogP contribution in [-0.4, -0.2) is 42.5 Å². The highest BCUT2D eigenvalue weighted by atomic mass is 16.5. The molecule has 6 heteroatoms. The lowest BCUT2D eigenvalue weighted by atomic mass is 10.1. The van der Waals surface area contributed by atoms with Crippen LogP contribution in [0.5, 0.6) is 0 Å². The summed E-state index contributed by atoms with van der Waals surface area (Å²) in [7, 11) is 1.50. The van der Waals surface area contributed by atoms with Crippen molar-refractivity contribution in [3.05, 3.63) is 29.8 Å². The van der Waals surface area contributed by atoms with Crippen molar-refractivity contribution in [2.24, 2.45) is 5.73 Å². The molecule has 3 N–H and O–H groups in total. The summed E-state index contributed by atoms with van der Waals surface area (Å²) < 4.78 is 5.02. The Balaban J connectivity index is 2.11. The van der Waals surface area contributed by atoms with Crippen molar-refractivity contribution in [1.82, 2.24) is 4.90 Å². The number of para-hydroxylation sites is 1. The molecule has 2 atom stereocenters. The molecule has 0 spiro atoms. The molecular formula is C16H23N3O3. The van der Waals surface area contributed by atoms with Crippen LogP contribution < -0.4 is 11.1 Å². The Morgan fingerprint density at radius 2 is 2.18 bits per heavy atom. The molecule has 1 fully saturated rings. The lowest BCUT2D eigenvalue weighted by molar-refractivity contribution is -0.125. The molecule has 1 aromatic rings. The molecule has 0 saturated carbocycles. The topological polar surface area (TPSA) is 84.7 Å². The number of nitrogens with two attached hydrogens (primary N) is 1. The van der Waals surface area contributed by atoms with Gasteiger partial charge < -0.3 is 15.8 Å². The fourth-order valence-corrected chi connectivity index (χ4v) is 2.68. The van der Waals surface area contributed by atoms with Gasteiger partial charge in [0.05, 0.1) is 6.04 Å². The van der Waals surface area contributed by atoms with E-state index in [1.807, 2.05) is 24.3 Å². The normalized spacial score (nSPS) is 19.8. The first-order valence-electron chi connectivity index (χ1n) is 7.48. The van der Waals surface area contributed by atoms with Crippen molar-refractivity contribution in [3.8, 4) is 0 Å². The van der Waals surface area contributed by atoms with Gasteiger partial charge in [0.15, 0.2) is 0 Å². The number of primary amides is 1. The van der Waals surface area contributed by atoms with E-state index in [-0.39, 0.29) is 17.9 Å². The largest absolute Gasteiger partial charge is 0.372 e. The smallest absolute Gasteiger partial charge is 0.253 e. The number of likely N-dealkylation sites (tertiary alicyclic amines) is 1. The number of anilines is 1. The number of rotatable bonds is 6. The van der Waals surface area contributed by atoms with Gasteiger partial charge >= 0.3 is 0 Å². The number of nitrogens with one attached hydrogen (secondary N) is 1. The molecule has 0 aromatic heterocycles. The van der Waals surface area contributed by atoms with Gasteiger partial charge in [-0.2, -0.15) is 0 Å². The van der Waals surface area contributed by atoms with E-state index in [9.17, 15) is 9.59 Å². The number of carbonyl (C=O) groups is 2. The van der Waals surface area contributed by atoms with Gasteiger partial charge in [-0.15, -0.1) is 0 Å². The van der Waals surface area contributed by atoms with E-state index in [1.165, 1.54) is 7.11 Å². The second-order valence-corrected chi connectivity index (χ2v) is 5.56. The third-order valence-electron chi connectivity index (χ3n) is 4.06. The van der Waals surface area contributed by atoms with E-state index in [4.69, 9.17) is 10.5 Å². The molecule has 0 bridgehead atoms. The minimum Gasteiger partial charge on any atom is -0.372 e. The summed E-state index contributed by atoms with van der Waals surface area (Å²) in [5.74, 6) is -0.477. The summed E-state index contributed by atoms with van der Waals surface area (Å²) in [6.07, 6.45) is 1.24. The van der Waals surface area contributed by atoms with Gasteiger partial charge in [0, 0.05) is 19.3 Å². The van der Waals surface area contributed by atoms with Crippen molar-refractivity contribution >= 4 is 17.5 Å². The Morgan fingerprint density at radius 1 is 1.45 bits per heavy atom. The van der Waals surface area contributed by atoms with Gasteiger partial charge in [-0.3, -0.25) is 14.5 Å². The summed E-state index contributed by atoms with van der Waals surface area (Å²) in [6, 6.07) is 7.36. The predicted molar refractivity (Wildman–Crippen MR) is 84.2 cm³/mol. The highest BCUT2D eigenvalue weighted by Gasteiger charge is 2.29. The Morgan fingerprint density at radius 3 is 2.86 bits per heavy atom. The molecular weight excluding hydrogens is 282 g/mol. The van der Waals surface area contributed by atoms with Crippen LogP contribution in [0.15, 0.2) is 24.3 Å². The van der Waals surface area contributed by atoms with Gasteiger partial charge in [0.1, 0.15) is 6.10 Å². The lowest BCUT2D eigenvalue weighted by Gasteiger charge is -2.23. The molecule has 1 aromatic carbocycles. The second kappa shape index (κ2) is 7.38. The zero-order chi connectivity index (χ0) is 16.1. The van der Waals surface area contributed by atoms with Crippen LogP contribution in [0, 0.1) is 0 Å². The summed E-state index contributed by atoms with van der Waals surface area (Å²) in [5.41, 5.74) is 7.16. The molecule has 2 amide bonds. The summed E-state index contributed by atoms with van der Waals surface area (Å²) >= 11 is 0. The fraction of sp³-hybridized carbons (Fsp3) is 0.500. The number of methoxy groups -OCH3 is 1. The number of ether oxygens (including phenoxy) is 1. The first-order valence-corrected chi connectivity index (χ1v) is 7.48. The molecule has 22 heavy (non-hydrogen) atoms. The first kappa shape index (κ1) is 16.5. The van der Waals surface area contributed by atoms with E-state index in [0.29, 0.717) is 6.54 Å². The van der Waals surface area contributed by atoms with Crippen LogP contribution >= 0.6 is 0 Å².